The van der Waals surface area contributed by atoms with Crippen LogP contribution in [0.5, 0.6) is 0 Å². The van der Waals surface area contributed by atoms with Crippen LogP contribution in [0.15, 0.2) is 43.0 Å². The van der Waals surface area contributed by atoms with Gasteiger partial charge in [-0.15, -0.1) is 6.58 Å². The van der Waals surface area contributed by atoms with Gasteiger partial charge in [0.25, 0.3) is 0 Å². The summed E-state index contributed by atoms with van der Waals surface area (Å²) < 4.78 is 0. The Kier molecular flexibility index (Phi) is 5.83. The van der Waals surface area contributed by atoms with Gasteiger partial charge in [-0.2, -0.15) is 0 Å². The predicted molar refractivity (Wildman–Crippen MR) is 68.3 cm³/mol. The monoisotopic (exact) mass is 219 g/mol. The molecule has 0 spiro atoms. The van der Waals surface area contributed by atoms with E-state index in [1.807, 2.05) is 24.3 Å². The van der Waals surface area contributed by atoms with E-state index in [4.69, 9.17) is 0 Å². The summed E-state index contributed by atoms with van der Waals surface area (Å²) in [7, 11) is 0. The van der Waals surface area contributed by atoms with E-state index in [-0.39, 0.29) is 6.10 Å². The number of aliphatic hydroxyl groups is 1. The van der Waals surface area contributed by atoms with E-state index in [0.717, 1.165) is 12.8 Å². The first-order valence-electron chi connectivity index (χ1n) is 5.81. The zero-order valence-corrected chi connectivity index (χ0v) is 9.89. The van der Waals surface area contributed by atoms with E-state index in [2.05, 4.69) is 24.0 Å². The third kappa shape index (κ3) is 4.60. The number of benzene rings is 1. The Morgan fingerprint density at radius 3 is 2.62 bits per heavy atom. The lowest BCUT2D eigenvalue weighted by Crippen LogP contribution is -2.28. The molecule has 1 rings (SSSR count). The van der Waals surface area contributed by atoms with Gasteiger partial charge in [0.05, 0.1) is 6.10 Å². The second kappa shape index (κ2) is 7.20. The highest BCUT2D eigenvalue weighted by Gasteiger charge is 2.10. The van der Waals surface area contributed by atoms with Crippen molar-refractivity contribution in [3.05, 3.63) is 48.6 Å². The van der Waals surface area contributed by atoms with Crippen LogP contribution < -0.4 is 5.32 Å². The van der Waals surface area contributed by atoms with Crippen molar-refractivity contribution in [2.45, 2.75) is 31.9 Å². The van der Waals surface area contributed by atoms with Gasteiger partial charge in [-0.05, 0) is 25.3 Å². The van der Waals surface area contributed by atoms with E-state index in [9.17, 15) is 5.11 Å². The lowest BCUT2D eigenvalue weighted by atomic mass is 10.0. The molecule has 0 aliphatic rings. The van der Waals surface area contributed by atoms with Crippen molar-refractivity contribution in [3.63, 3.8) is 0 Å². The minimum Gasteiger partial charge on any atom is -0.392 e. The highest BCUT2D eigenvalue weighted by molar-refractivity contribution is 5.18. The molecule has 0 saturated carbocycles. The number of hydrogen-bond donors (Lipinski definition) is 2. The Morgan fingerprint density at radius 2 is 2.06 bits per heavy atom. The second-order valence-corrected chi connectivity index (χ2v) is 4.09. The largest absolute Gasteiger partial charge is 0.392 e. The van der Waals surface area contributed by atoms with Crippen LogP contribution in [-0.4, -0.2) is 17.8 Å². The molecular formula is C14H21NO. The summed E-state index contributed by atoms with van der Waals surface area (Å²) in [5.74, 6) is 0. The quantitative estimate of drug-likeness (QED) is 0.691. The van der Waals surface area contributed by atoms with Gasteiger partial charge in [-0.1, -0.05) is 36.4 Å². The molecule has 0 heterocycles. The van der Waals surface area contributed by atoms with Crippen LogP contribution in [0.25, 0.3) is 0 Å². The normalized spacial score (nSPS) is 14.4. The van der Waals surface area contributed by atoms with Crippen molar-refractivity contribution in [2.24, 2.45) is 0 Å². The van der Waals surface area contributed by atoms with Gasteiger partial charge in [0.1, 0.15) is 0 Å². The van der Waals surface area contributed by atoms with Gasteiger partial charge in [0.2, 0.25) is 0 Å². The zero-order valence-electron chi connectivity index (χ0n) is 9.89. The summed E-state index contributed by atoms with van der Waals surface area (Å²) in [4.78, 5) is 0. The Morgan fingerprint density at radius 1 is 1.38 bits per heavy atom. The molecule has 0 aliphatic heterocycles. The first kappa shape index (κ1) is 12.9. The fourth-order valence-corrected chi connectivity index (χ4v) is 1.67. The molecular weight excluding hydrogens is 198 g/mol. The lowest BCUT2D eigenvalue weighted by Gasteiger charge is -2.19. The van der Waals surface area contributed by atoms with Crippen LogP contribution in [0.3, 0.4) is 0 Å². The van der Waals surface area contributed by atoms with E-state index < -0.39 is 0 Å². The fraction of sp³-hybridized carbons (Fsp3) is 0.429. The molecule has 0 aliphatic carbocycles. The van der Waals surface area contributed by atoms with Crippen molar-refractivity contribution in [3.8, 4) is 0 Å². The van der Waals surface area contributed by atoms with Crippen molar-refractivity contribution >= 4 is 0 Å². The van der Waals surface area contributed by atoms with Crippen LogP contribution in [0.4, 0.5) is 0 Å². The molecule has 0 bridgehead atoms. The maximum Gasteiger partial charge on any atom is 0.0636 e. The molecule has 16 heavy (non-hydrogen) atoms. The number of nitrogens with one attached hydrogen (secondary N) is 1. The van der Waals surface area contributed by atoms with Gasteiger partial charge in [-0.3, -0.25) is 0 Å². The molecule has 2 heteroatoms. The minimum absolute atomic E-state index is 0.300. The maximum atomic E-state index is 9.29. The summed E-state index contributed by atoms with van der Waals surface area (Å²) in [5, 5.41) is 12.7. The van der Waals surface area contributed by atoms with Gasteiger partial charge < -0.3 is 10.4 Å². The van der Waals surface area contributed by atoms with Gasteiger partial charge >= 0.3 is 0 Å². The van der Waals surface area contributed by atoms with E-state index >= 15 is 0 Å². The molecule has 1 aromatic rings. The Hall–Kier alpha value is -1.12. The first-order valence-corrected chi connectivity index (χ1v) is 5.81. The lowest BCUT2D eigenvalue weighted by molar-refractivity contribution is 0.185. The first-order chi connectivity index (χ1) is 7.74. The zero-order chi connectivity index (χ0) is 11.8. The van der Waals surface area contributed by atoms with Crippen molar-refractivity contribution in [2.75, 3.05) is 6.54 Å². The molecule has 0 fully saturated rings. The van der Waals surface area contributed by atoms with E-state index in [1.54, 1.807) is 6.92 Å². The smallest absolute Gasteiger partial charge is 0.0636 e. The standard InChI is InChI=1S/C14H21NO/c1-3-4-10-14(15-11-12(2)16)13-8-6-5-7-9-13/h3,5-9,12,14-16H,1,4,10-11H2,2H3/t12-,14?/m0/s1. The van der Waals surface area contributed by atoms with Gasteiger partial charge in [-0.25, -0.2) is 0 Å². The number of rotatable bonds is 7. The molecule has 2 N–H and O–H groups in total. The molecule has 0 amide bonds. The van der Waals surface area contributed by atoms with Crippen LogP contribution in [0.2, 0.25) is 0 Å². The summed E-state index contributed by atoms with van der Waals surface area (Å²) in [6.07, 6.45) is 3.61. The van der Waals surface area contributed by atoms with Gasteiger partial charge in [0.15, 0.2) is 0 Å². The summed E-state index contributed by atoms with van der Waals surface area (Å²) in [6.45, 7) is 6.16. The minimum atomic E-state index is -0.310. The number of aliphatic hydroxyl groups excluding tert-OH is 1. The molecule has 2 atom stereocenters. The number of hydrogen-bond acceptors (Lipinski definition) is 2. The summed E-state index contributed by atoms with van der Waals surface area (Å²) in [6, 6.07) is 10.6. The van der Waals surface area contributed by atoms with Crippen LogP contribution in [0.1, 0.15) is 31.4 Å². The van der Waals surface area contributed by atoms with Crippen LogP contribution in [0, 0.1) is 0 Å². The van der Waals surface area contributed by atoms with Gasteiger partial charge in [0, 0.05) is 12.6 Å². The molecule has 0 aromatic heterocycles. The summed E-state index contributed by atoms with van der Waals surface area (Å²) in [5.41, 5.74) is 1.27. The van der Waals surface area contributed by atoms with E-state index in [0.29, 0.717) is 12.6 Å². The molecule has 88 valence electrons. The Bertz CT molecular complexity index is 295. The molecule has 1 unspecified atom stereocenters. The van der Waals surface area contributed by atoms with E-state index in [1.165, 1.54) is 5.56 Å². The molecule has 2 nitrogen and oxygen atoms in total. The third-order valence-electron chi connectivity index (χ3n) is 2.52. The highest BCUT2D eigenvalue weighted by Crippen LogP contribution is 2.18. The topological polar surface area (TPSA) is 32.3 Å². The fourth-order valence-electron chi connectivity index (χ4n) is 1.67. The Labute approximate surface area is 98.0 Å². The average molecular weight is 219 g/mol. The van der Waals surface area contributed by atoms with Crippen molar-refractivity contribution in [1.29, 1.82) is 0 Å². The average Bonchev–Trinajstić information content (AvgIpc) is 2.30. The molecule has 0 radical (unpaired) electrons. The van der Waals surface area contributed by atoms with Crippen molar-refractivity contribution in [1.82, 2.24) is 5.32 Å². The highest BCUT2D eigenvalue weighted by atomic mass is 16.3. The van der Waals surface area contributed by atoms with Crippen LogP contribution in [-0.2, 0) is 0 Å². The predicted octanol–water partition coefficient (Wildman–Crippen LogP) is 2.66. The number of allylic oxidation sites excluding steroid dienone is 1. The third-order valence-corrected chi connectivity index (χ3v) is 2.52. The molecule has 0 saturated heterocycles. The SMILES string of the molecule is C=CCCC(NC[C@H](C)O)c1ccccc1. The maximum absolute atomic E-state index is 9.29. The molecule has 1 aromatic carbocycles. The second-order valence-electron chi connectivity index (χ2n) is 4.09. The Balaban J connectivity index is 2.59. The van der Waals surface area contributed by atoms with Crippen LogP contribution >= 0.6 is 0 Å². The summed E-state index contributed by atoms with van der Waals surface area (Å²) >= 11 is 0. The van der Waals surface area contributed by atoms with Crippen molar-refractivity contribution < 1.29 is 5.11 Å².